The molecule has 0 aromatic heterocycles. The van der Waals surface area contributed by atoms with E-state index in [1.807, 2.05) is 0 Å². The molecule has 0 bridgehead atoms. The SMILES string of the molecule is CC(=O)OCNCc1cccc(C(=O)O)c1. The molecule has 16 heavy (non-hydrogen) atoms. The number of carbonyl (C=O) groups excluding carboxylic acids is 1. The van der Waals surface area contributed by atoms with Gasteiger partial charge < -0.3 is 9.84 Å². The van der Waals surface area contributed by atoms with Gasteiger partial charge in [0.15, 0.2) is 0 Å². The third-order valence-electron chi connectivity index (χ3n) is 1.88. The zero-order valence-corrected chi connectivity index (χ0v) is 8.90. The summed E-state index contributed by atoms with van der Waals surface area (Å²) in [4.78, 5) is 21.1. The lowest BCUT2D eigenvalue weighted by atomic mass is 10.1. The molecule has 0 saturated carbocycles. The van der Waals surface area contributed by atoms with Gasteiger partial charge in [0.2, 0.25) is 0 Å². The van der Waals surface area contributed by atoms with E-state index < -0.39 is 5.97 Å². The van der Waals surface area contributed by atoms with Crippen molar-refractivity contribution in [3.8, 4) is 0 Å². The summed E-state index contributed by atoms with van der Waals surface area (Å²) in [5, 5.41) is 11.6. The lowest BCUT2D eigenvalue weighted by Crippen LogP contribution is -2.19. The molecule has 0 atom stereocenters. The fraction of sp³-hybridized carbons (Fsp3) is 0.273. The van der Waals surface area contributed by atoms with Crippen LogP contribution in [0.3, 0.4) is 0 Å². The van der Waals surface area contributed by atoms with E-state index in [1.54, 1.807) is 18.2 Å². The Balaban J connectivity index is 2.45. The maximum atomic E-state index is 10.7. The number of carbonyl (C=O) groups is 2. The second-order valence-electron chi connectivity index (χ2n) is 3.21. The molecule has 1 aromatic rings. The minimum Gasteiger partial charge on any atom is -0.478 e. The molecule has 5 heteroatoms. The van der Waals surface area contributed by atoms with Gasteiger partial charge in [0.05, 0.1) is 5.56 Å². The van der Waals surface area contributed by atoms with E-state index in [4.69, 9.17) is 5.11 Å². The van der Waals surface area contributed by atoms with Crippen molar-refractivity contribution in [2.24, 2.45) is 0 Å². The monoisotopic (exact) mass is 223 g/mol. The first-order valence-electron chi connectivity index (χ1n) is 4.76. The average Bonchev–Trinajstić information content (AvgIpc) is 2.24. The first-order valence-corrected chi connectivity index (χ1v) is 4.76. The molecule has 0 heterocycles. The molecule has 0 aliphatic rings. The van der Waals surface area contributed by atoms with Gasteiger partial charge in [0.1, 0.15) is 6.73 Å². The number of aromatic carboxylic acids is 1. The van der Waals surface area contributed by atoms with E-state index >= 15 is 0 Å². The van der Waals surface area contributed by atoms with Gasteiger partial charge in [-0.15, -0.1) is 0 Å². The molecule has 0 amide bonds. The summed E-state index contributed by atoms with van der Waals surface area (Å²) < 4.78 is 4.67. The zero-order valence-electron chi connectivity index (χ0n) is 8.90. The van der Waals surface area contributed by atoms with Gasteiger partial charge in [-0.25, -0.2) is 4.79 Å². The number of carboxylic acids is 1. The first-order chi connectivity index (χ1) is 7.59. The number of nitrogens with one attached hydrogen (secondary N) is 1. The first kappa shape index (κ1) is 12.2. The molecule has 0 spiro atoms. The van der Waals surface area contributed by atoms with Gasteiger partial charge in [-0.1, -0.05) is 12.1 Å². The highest BCUT2D eigenvalue weighted by Gasteiger charge is 2.02. The fourth-order valence-electron chi connectivity index (χ4n) is 1.16. The molecule has 0 radical (unpaired) electrons. The molecule has 86 valence electrons. The smallest absolute Gasteiger partial charge is 0.335 e. The lowest BCUT2D eigenvalue weighted by Gasteiger charge is -2.05. The summed E-state index contributed by atoms with van der Waals surface area (Å²) in [6.07, 6.45) is 0. The minimum absolute atomic E-state index is 0.118. The normalized spacial score (nSPS) is 9.81. The predicted molar refractivity (Wildman–Crippen MR) is 56.9 cm³/mol. The summed E-state index contributed by atoms with van der Waals surface area (Å²) in [6.45, 7) is 1.90. The zero-order chi connectivity index (χ0) is 12.0. The molecule has 0 aliphatic carbocycles. The quantitative estimate of drug-likeness (QED) is 0.442. The summed E-state index contributed by atoms with van der Waals surface area (Å²) in [6, 6.07) is 6.57. The summed E-state index contributed by atoms with van der Waals surface area (Å²) in [7, 11) is 0. The number of hydrogen-bond donors (Lipinski definition) is 2. The van der Waals surface area contributed by atoms with E-state index in [9.17, 15) is 9.59 Å². The third-order valence-corrected chi connectivity index (χ3v) is 1.88. The third kappa shape index (κ3) is 4.10. The Kier molecular flexibility index (Phi) is 4.47. The Morgan fingerprint density at radius 3 is 2.81 bits per heavy atom. The van der Waals surface area contributed by atoms with Gasteiger partial charge in [-0.2, -0.15) is 0 Å². The molecule has 0 aliphatic heterocycles. The molecule has 2 N–H and O–H groups in total. The van der Waals surface area contributed by atoms with Crippen LogP contribution in [0.1, 0.15) is 22.8 Å². The standard InChI is InChI=1S/C11H13NO4/c1-8(13)16-7-12-6-9-3-2-4-10(5-9)11(14)15/h2-5,12H,6-7H2,1H3,(H,14,15). The van der Waals surface area contributed by atoms with Crippen molar-refractivity contribution in [2.75, 3.05) is 6.73 Å². The molecule has 0 unspecified atom stereocenters. The van der Waals surface area contributed by atoms with Crippen LogP contribution in [-0.4, -0.2) is 23.8 Å². The summed E-state index contributed by atoms with van der Waals surface area (Å²) in [5.74, 6) is -1.31. The topological polar surface area (TPSA) is 75.6 Å². The number of rotatable bonds is 5. The van der Waals surface area contributed by atoms with E-state index in [1.165, 1.54) is 13.0 Å². The Hall–Kier alpha value is -1.88. The summed E-state index contributed by atoms with van der Waals surface area (Å²) >= 11 is 0. The van der Waals surface area contributed by atoms with Crippen molar-refractivity contribution in [1.82, 2.24) is 5.32 Å². The highest BCUT2D eigenvalue weighted by Crippen LogP contribution is 2.04. The molecular formula is C11H13NO4. The van der Waals surface area contributed by atoms with E-state index in [0.717, 1.165) is 5.56 Å². The van der Waals surface area contributed by atoms with Gasteiger partial charge in [-0.3, -0.25) is 10.1 Å². The number of ether oxygens (including phenoxy) is 1. The second kappa shape index (κ2) is 5.87. The number of esters is 1. The Morgan fingerprint density at radius 2 is 2.19 bits per heavy atom. The van der Waals surface area contributed by atoms with Crippen molar-refractivity contribution in [3.05, 3.63) is 35.4 Å². The highest BCUT2D eigenvalue weighted by atomic mass is 16.5. The molecular weight excluding hydrogens is 210 g/mol. The van der Waals surface area contributed by atoms with Crippen molar-refractivity contribution in [3.63, 3.8) is 0 Å². The number of hydrogen-bond acceptors (Lipinski definition) is 4. The van der Waals surface area contributed by atoms with Crippen LogP contribution in [0.2, 0.25) is 0 Å². The maximum Gasteiger partial charge on any atom is 0.335 e. The van der Waals surface area contributed by atoms with Crippen molar-refractivity contribution < 1.29 is 19.4 Å². The van der Waals surface area contributed by atoms with Gasteiger partial charge in [0, 0.05) is 13.5 Å². The van der Waals surface area contributed by atoms with Crippen molar-refractivity contribution in [2.45, 2.75) is 13.5 Å². The van der Waals surface area contributed by atoms with Crippen LogP contribution in [-0.2, 0) is 16.1 Å². The Labute approximate surface area is 93.0 Å². The molecule has 0 saturated heterocycles. The number of benzene rings is 1. The maximum absolute atomic E-state index is 10.7. The van der Waals surface area contributed by atoms with Crippen LogP contribution >= 0.6 is 0 Å². The van der Waals surface area contributed by atoms with Crippen LogP contribution in [0.25, 0.3) is 0 Å². The van der Waals surface area contributed by atoms with Crippen LogP contribution in [0, 0.1) is 0 Å². The summed E-state index contributed by atoms with van der Waals surface area (Å²) in [5.41, 5.74) is 1.07. The van der Waals surface area contributed by atoms with Gasteiger partial charge in [-0.05, 0) is 17.7 Å². The van der Waals surface area contributed by atoms with E-state index in [0.29, 0.717) is 6.54 Å². The van der Waals surface area contributed by atoms with Crippen LogP contribution in [0.15, 0.2) is 24.3 Å². The average molecular weight is 223 g/mol. The van der Waals surface area contributed by atoms with E-state index in [2.05, 4.69) is 10.1 Å². The van der Waals surface area contributed by atoms with Gasteiger partial charge in [0.25, 0.3) is 0 Å². The fourth-order valence-corrected chi connectivity index (χ4v) is 1.16. The van der Waals surface area contributed by atoms with Crippen LogP contribution in [0.4, 0.5) is 0 Å². The molecule has 1 rings (SSSR count). The predicted octanol–water partition coefficient (Wildman–Crippen LogP) is 0.995. The molecule has 0 fully saturated rings. The Morgan fingerprint density at radius 1 is 1.44 bits per heavy atom. The van der Waals surface area contributed by atoms with Gasteiger partial charge >= 0.3 is 11.9 Å². The largest absolute Gasteiger partial charge is 0.478 e. The van der Waals surface area contributed by atoms with Crippen molar-refractivity contribution >= 4 is 11.9 Å². The number of carboxylic acid groups (broad SMARTS) is 1. The van der Waals surface area contributed by atoms with E-state index in [-0.39, 0.29) is 18.3 Å². The second-order valence-corrected chi connectivity index (χ2v) is 3.21. The molecule has 5 nitrogen and oxygen atoms in total. The van der Waals surface area contributed by atoms with Crippen LogP contribution in [0.5, 0.6) is 0 Å². The molecule has 1 aromatic carbocycles. The van der Waals surface area contributed by atoms with Crippen LogP contribution < -0.4 is 5.32 Å². The Bertz CT molecular complexity index is 389. The van der Waals surface area contributed by atoms with Crippen molar-refractivity contribution in [1.29, 1.82) is 0 Å². The minimum atomic E-state index is -0.957. The lowest BCUT2D eigenvalue weighted by molar-refractivity contribution is -0.141. The highest BCUT2D eigenvalue weighted by molar-refractivity contribution is 5.87.